The van der Waals surface area contributed by atoms with Crippen molar-refractivity contribution in [2.24, 2.45) is 0 Å². The van der Waals surface area contributed by atoms with Gasteiger partial charge < -0.3 is 0 Å². The van der Waals surface area contributed by atoms with Crippen LogP contribution in [0.3, 0.4) is 0 Å². The van der Waals surface area contributed by atoms with Gasteiger partial charge in [-0.05, 0) is 0 Å². The van der Waals surface area contributed by atoms with Gasteiger partial charge in [-0.25, -0.2) is 0 Å². The van der Waals surface area contributed by atoms with Crippen molar-refractivity contribution in [3.8, 4) is 0 Å². The zero-order valence-electron chi connectivity index (χ0n) is 22.1. The fourth-order valence-corrected chi connectivity index (χ4v) is 53.3. The van der Waals surface area contributed by atoms with Crippen LogP contribution in [-0.4, -0.2) is 6.22 Å². The Bertz CT molecular complexity index is 1110. The van der Waals surface area contributed by atoms with E-state index in [0.717, 1.165) is 0 Å². The van der Waals surface area contributed by atoms with Crippen LogP contribution in [-0.2, 0) is 17.1 Å². The Hall–Kier alpha value is -0.993. The monoisotopic (exact) mass is 624 g/mol. The number of rotatable bonds is 8. The molecule has 0 bridgehead atoms. The Balaban J connectivity index is 2.01. The zero-order chi connectivity index (χ0) is 23.8. The van der Waals surface area contributed by atoms with Gasteiger partial charge in [-0.3, -0.25) is 0 Å². The molecule has 2 aliphatic rings. The Labute approximate surface area is 204 Å². The van der Waals surface area contributed by atoms with E-state index in [0.29, 0.717) is 13.6 Å². The number of hydrogen-bond donors (Lipinski definition) is 0. The molecule has 2 aliphatic carbocycles. The molecule has 0 amide bonds. The predicted octanol–water partition coefficient (Wildman–Crippen LogP) is 9.45. The summed E-state index contributed by atoms with van der Waals surface area (Å²) in [5, 5.41) is 0. The maximum absolute atomic E-state index is 3.57. The molecule has 0 aromatic heterocycles. The summed E-state index contributed by atoms with van der Waals surface area (Å²) in [6.07, 6.45) is 12.2. The molecule has 0 fully saturated rings. The molecule has 0 aliphatic heterocycles. The summed E-state index contributed by atoms with van der Waals surface area (Å²) in [5.74, 6) is 0. The van der Waals surface area contributed by atoms with Gasteiger partial charge in [0.1, 0.15) is 0 Å². The second-order valence-electron chi connectivity index (χ2n) is 11.6. The molecule has 0 saturated heterocycles. The van der Waals surface area contributed by atoms with Crippen LogP contribution in [0.2, 0.25) is 15.4 Å². The minimum absolute atomic E-state index is 0.473. The second kappa shape index (κ2) is 9.57. The van der Waals surface area contributed by atoms with E-state index in [2.05, 4.69) is 92.5 Å². The summed E-state index contributed by atoms with van der Waals surface area (Å²) in [7, 11) is 0. The topological polar surface area (TPSA) is 0 Å². The van der Waals surface area contributed by atoms with Crippen molar-refractivity contribution in [1.82, 2.24) is 0 Å². The Kier molecular flexibility index (Phi) is 7.28. The van der Waals surface area contributed by atoms with Gasteiger partial charge in [0.2, 0.25) is 0 Å². The molecule has 33 heavy (non-hydrogen) atoms. The molecule has 0 heterocycles. The van der Waals surface area contributed by atoms with Gasteiger partial charge in [-0.1, -0.05) is 0 Å². The summed E-state index contributed by atoms with van der Waals surface area (Å²) in [4.78, 5) is 0. The third-order valence-electron chi connectivity index (χ3n) is 8.97. The molecule has 0 N–H and O–H groups in total. The maximum atomic E-state index is 2.91. The molecule has 2 unspecified atom stereocenters. The van der Waals surface area contributed by atoms with Crippen molar-refractivity contribution in [3.05, 3.63) is 80.9 Å². The molecule has 0 saturated carbocycles. The van der Waals surface area contributed by atoms with E-state index >= 15 is 0 Å². The fourth-order valence-electron chi connectivity index (χ4n) is 7.36. The van der Waals surface area contributed by atoms with E-state index in [1.165, 1.54) is 49.3 Å². The van der Waals surface area contributed by atoms with Crippen molar-refractivity contribution in [3.63, 3.8) is 0 Å². The number of hydrogen-bond acceptors (Lipinski definition) is 0. The van der Waals surface area contributed by atoms with Crippen LogP contribution in [0, 0.1) is 13.8 Å². The van der Waals surface area contributed by atoms with E-state index in [4.69, 9.17) is 0 Å². The van der Waals surface area contributed by atoms with Gasteiger partial charge in [0.05, 0.1) is 0 Å². The first-order valence-corrected chi connectivity index (χ1v) is 32.4. The number of allylic oxidation sites excluding steroid dienone is 2. The quantitative estimate of drug-likeness (QED) is 0.203. The Morgan fingerprint density at radius 1 is 0.727 bits per heavy atom. The molecule has 2 atom stereocenters. The molecule has 0 nitrogen and oxygen atoms in total. The summed E-state index contributed by atoms with van der Waals surface area (Å²) < 4.78 is 7.25. The van der Waals surface area contributed by atoms with Crippen LogP contribution in [0.25, 0.3) is 12.2 Å². The average Bonchev–Trinajstić information content (AvgIpc) is 3.38. The van der Waals surface area contributed by atoms with E-state index in [1.807, 2.05) is 0 Å². The number of aryl methyl sites for hydroxylation is 2. The molecule has 0 spiro atoms. The van der Waals surface area contributed by atoms with Crippen LogP contribution < -0.4 is 0 Å². The van der Waals surface area contributed by atoms with Crippen molar-refractivity contribution in [2.45, 2.75) is 89.5 Å². The standard InChI is InChI=1S/2C12H13.C5H12Si.2CH3.Hf/c2*1-3-10-7-11-6-4-5-9(2)12(11)8-10;1-2-3-4-5-6;;;/h2*4-8H,3H2,1-2H3;6H,2-5H2,1H3;2*1H3;. The van der Waals surface area contributed by atoms with Gasteiger partial charge >= 0.3 is 206 Å². The van der Waals surface area contributed by atoms with Crippen LogP contribution in [0.1, 0.15) is 93.6 Å². The minimum atomic E-state index is -3.57. The van der Waals surface area contributed by atoms with Crippen LogP contribution in [0.4, 0.5) is 0 Å². The second-order valence-corrected chi connectivity index (χ2v) is 55.7. The molecule has 176 valence electrons. The van der Waals surface area contributed by atoms with Gasteiger partial charge in [0.25, 0.3) is 0 Å². The van der Waals surface area contributed by atoms with Gasteiger partial charge in [-0.2, -0.15) is 0 Å². The number of benzene rings is 2. The normalized spacial score (nSPS) is 19.8. The van der Waals surface area contributed by atoms with Crippen molar-refractivity contribution in [2.75, 3.05) is 0 Å². The van der Waals surface area contributed by atoms with Crippen LogP contribution >= 0.6 is 0 Å². The van der Waals surface area contributed by atoms with Crippen LogP contribution in [0.5, 0.6) is 0 Å². The average molecular weight is 623 g/mol. The first kappa shape index (κ1) is 25.1. The van der Waals surface area contributed by atoms with E-state index in [1.54, 1.807) is 33.4 Å². The van der Waals surface area contributed by atoms with Crippen molar-refractivity contribution >= 4 is 18.4 Å². The van der Waals surface area contributed by atoms with Crippen molar-refractivity contribution < 1.29 is 17.1 Å². The summed E-state index contributed by atoms with van der Waals surface area (Å²) in [6, 6.07) is 15.8. The van der Waals surface area contributed by atoms with Gasteiger partial charge in [-0.15, -0.1) is 0 Å². The molecule has 2 aromatic rings. The zero-order valence-corrected chi connectivity index (χ0v) is 26.8. The molecule has 2 aromatic carbocycles. The molecule has 4 rings (SSSR count). The van der Waals surface area contributed by atoms with Crippen molar-refractivity contribution in [1.29, 1.82) is 0 Å². The third kappa shape index (κ3) is 4.18. The van der Waals surface area contributed by atoms with E-state index in [9.17, 15) is 0 Å². The third-order valence-corrected chi connectivity index (χ3v) is 51.4. The first-order chi connectivity index (χ1) is 15.8. The van der Waals surface area contributed by atoms with Crippen LogP contribution in [0.15, 0.2) is 47.5 Å². The molecular formula is C31H44HfSi. The Morgan fingerprint density at radius 3 is 1.64 bits per heavy atom. The number of fused-ring (bicyclic) bond motifs is 2. The SMILES string of the molecule is CCCCC[SiH]=[Hf]([CH3])([CH3])([CH]1C(CC)=Cc2c(C)cccc21)[CH]1C(CC)=Cc2c(C)cccc21. The number of unbranched alkanes of at least 4 members (excludes halogenated alkanes) is 2. The predicted molar refractivity (Wildman–Crippen MR) is 148 cm³/mol. The summed E-state index contributed by atoms with van der Waals surface area (Å²) in [5.41, 5.74) is 12.9. The molecule has 0 radical (unpaired) electrons. The van der Waals surface area contributed by atoms with Gasteiger partial charge in [0.15, 0.2) is 0 Å². The van der Waals surface area contributed by atoms with E-state index < -0.39 is 17.1 Å². The molecular weight excluding hydrogens is 579 g/mol. The molecule has 2 heteroatoms. The fraction of sp³-hybridized carbons (Fsp3) is 0.484. The van der Waals surface area contributed by atoms with Gasteiger partial charge in [0, 0.05) is 0 Å². The first-order valence-electron chi connectivity index (χ1n) is 13.4. The summed E-state index contributed by atoms with van der Waals surface area (Å²) in [6.45, 7) is 11.8. The van der Waals surface area contributed by atoms with E-state index in [-0.39, 0.29) is 0 Å². The Morgan fingerprint density at radius 2 is 1.21 bits per heavy atom. The summed E-state index contributed by atoms with van der Waals surface area (Å²) >= 11 is -3.57.